The Bertz CT molecular complexity index is 1020. The highest BCUT2D eigenvalue weighted by Crippen LogP contribution is 2.36. The van der Waals surface area contributed by atoms with Gasteiger partial charge in [0.05, 0.1) is 6.04 Å². The van der Waals surface area contributed by atoms with Gasteiger partial charge in [0.2, 0.25) is 0 Å². The third kappa shape index (κ3) is 4.97. The van der Waals surface area contributed by atoms with Gasteiger partial charge in [0, 0.05) is 0 Å². The number of aryl methyl sites for hydroxylation is 1. The minimum atomic E-state index is -0.741. The number of piperidine rings is 1. The average molecular weight is 416 g/mol. The lowest BCUT2D eigenvalue weighted by Crippen LogP contribution is -2.47. The van der Waals surface area contributed by atoms with Gasteiger partial charge in [-0.3, -0.25) is 9.69 Å². The zero-order valence-electron chi connectivity index (χ0n) is 17.9. The van der Waals surface area contributed by atoms with Crippen LogP contribution in [0.15, 0.2) is 78.9 Å². The van der Waals surface area contributed by atoms with Crippen LogP contribution in [0.25, 0.3) is 0 Å². The fourth-order valence-corrected chi connectivity index (χ4v) is 4.49. The monoisotopic (exact) mass is 415 g/mol. The van der Waals surface area contributed by atoms with Gasteiger partial charge >= 0.3 is 5.97 Å². The summed E-state index contributed by atoms with van der Waals surface area (Å²) in [5, 5.41) is 9.92. The molecular formula is C27H29NO3. The molecule has 0 amide bonds. The molecule has 2 unspecified atom stereocenters. The molecule has 4 heteroatoms. The van der Waals surface area contributed by atoms with E-state index in [4.69, 9.17) is 4.74 Å². The van der Waals surface area contributed by atoms with E-state index >= 15 is 0 Å². The molecule has 1 aliphatic rings. The van der Waals surface area contributed by atoms with Crippen molar-refractivity contribution in [2.24, 2.45) is 0 Å². The van der Waals surface area contributed by atoms with Crippen LogP contribution in [0.1, 0.15) is 47.6 Å². The first-order valence-electron chi connectivity index (χ1n) is 10.9. The number of rotatable bonds is 7. The molecule has 160 valence electrons. The van der Waals surface area contributed by atoms with Crippen molar-refractivity contribution >= 4 is 5.97 Å². The van der Waals surface area contributed by atoms with Crippen molar-refractivity contribution < 1.29 is 14.6 Å². The van der Waals surface area contributed by atoms with Crippen LogP contribution < -0.4 is 4.74 Å². The molecule has 3 aromatic rings. The lowest BCUT2D eigenvalue weighted by molar-refractivity contribution is -0.145. The maximum Gasteiger partial charge on any atom is 0.320 e. The maximum atomic E-state index is 12.1. The van der Waals surface area contributed by atoms with Gasteiger partial charge in [-0.25, -0.2) is 0 Å². The number of nitrogens with zero attached hydrogens (tertiary/aromatic N) is 1. The third-order valence-corrected chi connectivity index (χ3v) is 6.07. The van der Waals surface area contributed by atoms with E-state index in [1.807, 2.05) is 54.6 Å². The highest BCUT2D eigenvalue weighted by Gasteiger charge is 2.35. The van der Waals surface area contributed by atoms with Crippen LogP contribution in [-0.4, -0.2) is 28.6 Å². The van der Waals surface area contributed by atoms with Crippen LogP contribution in [-0.2, 0) is 11.4 Å². The summed E-state index contributed by atoms with van der Waals surface area (Å²) in [6, 6.07) is 25.9. The quantitative estimate of drug-likeness (QED) is 0.545. The number of hydrogen-bond donors (Lipinski definition) is 1. The van der Waals surface area contributed by atoms with E-state index in [1.54, 1.807) is 0 Å². The Morgan fingerprint density at radius 2 is 1.81 bits per heavy atom. The van der Waals surface area contributed by atoms with Crippen molar-refractivity contribution in [3.8, 4) is 5.75 Å². The summed E-state index contributed by atoms with van der Waals surface area (Å²) in [4.78, 5) is 14.2. The van der Waals surface area contributed by atoms with Crippen LogP contribution in [0.3, 0.4) is 0 Å². The smallest absolute Gasteiger partial charge is 0.320 e. The first-order valence-corrected chi connectivity index (χ1v) is 10.9. The summed E-state index contributed by atoms with van der Waals surface area (Å²) in [6.07, 6.45) is 2.65. The Kier molecular flexibility index (Phi) is 6.68. The number of carbonyl (C=O) groups is 1. The van der Waals surface area contributed by atoms with Gasteiger partial charge in [-0.2, -0.15) is 0 Å². The average Bonchev–Trinajstić information content (AvgIpc) is 2.80. The molecule has 1 N–H and O–H groups in total. The van der Waals surface area contributed by atoms with Gasteiger partial charge in [-0.15, -0.1) is 0 Å². The number of carboxylic acid groups (broad SMARTS) is 1. The van der Waals surface area contributed by atoms with Crippen molar-refractivity contribution in [3.05, 3.63) is 101 Å². The molecule has 0 aliphatic carbocycles. The second kappa shape index (κ2) is 9.80. The van der Waals surface area contributed by atoms with Crippen LogP contribution in [0, 0.1) is 6.92 Å². The zero-order chi connectivity index (χ0) is 21.6. The normalized spacial score (nSPS) is 17.8. The molecule has 0 spiro atoms. The summed E-state index contributed by atoms with van der Waals surface area (Å²) in [5.41, 5.74) is 4.49. The fraction of sp³-hybridized carbons (Fsp3) is 0.296. The first kappa shape index (κ1) is 21.1. The lowest BCUT2D eigenvalue weighted by Gasteiger charge is -2.40. The largest absolute Gasteiger partial charge is 0.489 e. The van der Waals surface area contributed by atoms with Crippen molar-refractivity contribution in [1.82, 2.24) is 4.90 Å². The third-order valence-electron chi connectivity index (χ3n) is 6.07. The van der Waals surface area contributed by atoms with E-state index in [9.17, 15) is 9.90 Å². The summed E-state index contributed by atoms with van der Waals surface area (Å²) in [5.74, 6) is 0.0542. The highest BCUT2D eigenvalue weighted by molar-refractivity contribution is 5.73. The van der Waals surface area contributed by atoms with E-state index in [2.05, 4.69) is 36.1 Å². The van der Waals surface area contributed by atoms with Crippen LogP contribution in [0.2, 0.25) is 0 Å². The van der Waals surface area contributed by atoms with E-state index < -0.39 is 12.0 Å². The minimum absolute atomic E-state index is 0.122. The second-order valence-electron chi connectivity index (χ2n) is 8.19. The molecule has 0 bridgehead atoms. The highest BCUT2D eigenvalue weighted by atomic mass is 16.5. The molecule has 1 aliphatic heterocycles. The standard InChI is InChI=1S/C27H29NO3/c1-20-10-5-6-15-24(20)26(28-17-8-7-16-25(28)27(29)30)22-13-9-14-23(18-22)31-19-21-11-3-2-4-12-21/h2-6,9-15,18,25-26H,7-8,16-17,19H2,1H3,(H,29,30). The molecule has 4 nitrogen and oxygen atoms in total. The van der Waals surface area contributed by atoms with Gasteiger partial charge in [0.15, 0.2) is 0 Å². The van der Waals surface area contributed by atoms with Gasteiger partial charge in [-0.1, -0.05) is 73.2 Å². The topological polar surface area (TPSA) is 49.8 Å². The Balaban J connectivity index is 1.68. The molecule has 0 aromatic heterocycles. The molecule has 2 atom stereocenters. The molecule has 0 saturated carbocycles. The van der Waals surface area contributed by atoms with Gasteiger partial charge < -0.3 is 9.84 Å². The number of hydrogen-bond acceptors (Lipinski definition) is 3. The molecule has 1 heterocycles. The van der Waals surface area contributed by atoms with Gasteiger partial charge in [0.1, 0.15) is 18.4 Å². The zero-order valence-corrected chi connectivity index (χ0v) is 17.9. The lowest BCUT2D eigenvalue weighted by atomic mass is 9.89. The Morgan fingerprint density at radius 3 is 2.58 bits per heavy atom. The number of benzene rings is 3. The summed E-state index contributed by atoms with van der Waals surface area (Å²) in [6.45, 7) is 3.36. The van der Waals surface area contributed by atoms with E-state index in [0.717, 1.165) is 47.4 Å². The van der Waals surface area contributed by atoms with E-state index in [0.29, 0.717) is 13.0 Å². The van der Waals surface area contributed by atoms with E-state index in [-0.39, 0.29) is 6.04 Å². The summed E-state index contributed by atoms with van der Waals surface area (Å²) in [7, 11) is 0. The summed E-state index contributed by atoms with van der Waals surface area (Å²) >= 11 is 0. The predicted molar refractivity (Wildman–Crippen MR) is 122 cm³/mol. The van der Waals surface area contributed by atoms with Crippen molar-refractivity contribution in [1.29, 1.82) is 0 Å². The molecule has 3 aromatic carbocycles. The van der Waals surface area contributed by atoms with Gasteiger partial charge in [0.25, 0.3) is 0 Å². The molecule has 1 saturated heterocycles. The molecule has 0 radical (unpaired) electrons. The first-order chi connectivity index (χ1) is 15.1. The van der Waals surface area contributed by atoms with Crippen LogP contribution >= 0.6 is 0 Å². The van der Waals surface area contributed by atoms with Crippen LogP contribution in [0.5, 0.6) is 5.75 Å². The van der Waals surface area contributed by atoms with Crippen molar-refractivity contribution in [3.63, 3.8) is 0 Å². The number of aliphatic carboxylic acids is 1. The Morgan fingerprint density at radius 1 is 1.03 bits per heavy atom. The molecule has 1 fully saturated rings. The van der Waals surface area contributed by atoms with Crippen LogP contribution in [0.4, 0.5) is 0 Å². The number of likely N-dealkylation sites (tertiary alicyclic amines) is 1. The Hall–Kier alpha value is -3.11. The molecular weight excluding hydrogens is 386 g/mol. The van der Waals surface area contributed by atoms with Crippen molar-refractivity contribution in [2.45, 2.75) is 44.9 Å². The molecule has 31 heavy (non-hydrogen) atoms. The second-order valence-corrected chi connectivity index (χ2v) is 8.19. The van der Waals surface area contributed by atoms with Gasteiger partial charge in [-0.05, 0) is 60.7 Å². The van der Waals surface area contributed by atoms with E-state index in [1.165, 1.54) is 0 Å². The fourth-order valence-electron chi connectivity index (χ4n) is 4.49. The minimum Gasteiger partial charge on any atom is -0.489 e. The Labute approximate surface area is 184 Å². The summed E-state index contributed by atoms with van der Waals surface area (Å²) < 4.78 is 6.08. The molecule has 4 rings (SSSR count). The van der Waals surface area contributed by atoms with Crippen molar-refractivity contribution in [2.75, 3.05) is 6.54 Å². The predicted octanol–water partition coefficient (Wildman–Crippen LogP) is 5.60. The number of ether oxygens (including phenoxy) is 1. The maximum absolute atomic E-state index is 12.1. The SMILES string of the molecule is Cc1ccccc1C(c1cccc(OCc2ccccc2)c1)N1CCCCC1C(=O)O. The number of carboxylic acids is 1.